The highest BCUT2D eigenvalue weighted by Gasteiger charge is 2.09. The van der Waals surface area contributed by atoms with Gasteiger partial charge in [0.05, 0.1) is 19.4 Å². The summed E-state index contributed by atoms with van der Waals surface area (Å²) in [6.07, 6.45) is 0. The maximum absolute atomic E-state index is 12.2. The number of methoxy groups -OCH3 is 1. The van der Waals surface area contributed by atoms with Crippen LogP contribution in [-0.4, -0.2) is 16.8 Å². The first kappa shape index (κ1) is 13.4. The van der Waals surface area contributed by atoms with E-state index < -0.39 is 0 Å². The van der Waals surface area contributed by atoms with Gasteiger partial charge in [0.2, 0.25) is 0 Å². The summed E-state index contributed by atoms with van der Waals surface area (Å²) in [6.45, 7) is 2.22. The van der Waals surface area contributed by atoms with Gasteiger partial charge in [0, 0.05) is 17.7 Å². The maximum atomic E-state index is 12.2. The van der Waals surface area contributed by atoms with Gasteiger partial charge in [0.25, 0.3) is 5.56 Å². The molecule has 0 saturated heterocycles. The van der Waals surface area contributed by atoms with Crippen LogP contribution in [0, 0.1) is 0 Å². The number of ether oxygens (including phenoxy) is 1. The SMILES string of the molecule is CCn1c(-c2cccc(OC)c2)ccc(CO)c1=O. The van der Waals surface area contributed by atoms with E-state index in [0.29, 0.717) is 12.1 Å². The first-order valence-corrected chi connectivity index (χ1v) is 6.19. The van der Waals surface area contributed by atoms with Gasteiger partial charge in [-0.2, -0.15) is 0 Å². The highest BCUT2D eigenvalue weighted by atomic mass is 16.5. The summed E-state index contributed by atoms with van der Waals surface area (Å²) >= 11 is 0. The normalized spacial score (nSPS) is 10.5. The lowest BCUT2D eigenvalue weighted by atomic mass is 10.1. The minimum absolute atomic E-state index is 0.148. The Kier molecular flexibility index (Phi) is 4.02. The van der Waals surface area contributed by atoms with E-state index in [4.69, 9.17) is 9.84 Å². The molecule has 2 rings (SSSR count). The van der Waals surface area contributed by atoms with Crippen molar-refractivity contribution >= 4 is 0 Å². The quantitative estimate of drug-likeness (QED) is 0.914. The fourth-order valence-corrected chi connectivity index (χ4v) is 2.09. The van der Waals surface area contributed by atoms with Gasteiger partial charge in [0.15, 0.2) is 0 Å². The summed E-state index contributed by atoms with van der Waals surface area (Å²) in [5.41, 5.74) is 2.00. The number of pyridine rings is 1. The van der Waals surface area contributed by atoms with Crippen molar-refractivity contribution < 1.29 is 9.84 Å². The van der Waals surface area contributed by atoms with E-state index in [0.717, 1.165) is 17.0 Å². The van der Waals surface area contributed by atoms with Gasteiger partial charge in [-0.1, -0.05) is 12.1 Å². The number of hydrogen-bond acceptors (Lipinski definition) is 3. The molecule has 0 fully saturated rings. The van der Waals surface area contributed by atoms with Gasteiger partial charge >= 0.3 is 0 Å². The second-order valence-corrected chi connectivity index (χ2v) is 4.18. The minimum Gasteiger partial charge on any atom is -0.497 e. The number of hydrogen-bond donors (Lipinski definition) is 1. The van der Waals surface area contributed by atoms with E-state index in [9.17, 15) is 4.79 Å². The summed E-state index contributed by atoms with van der Waals surface area (Å²) < 4.78 is 6.85. The van der Waals surface area contributed by atoms with Crippen LogP contribution >= 0.6 is 0 Å². The molecule has 1 aromatic carbocycles. The summed E-state index contributed by atoms with van der Waals surface area (Å²) in [7, 11) is 1.61. The summed E-state index contributed by atoms with van der Waals surface area (Å²) in [5, 5.41) is 9.15. The highest BCUT2D eigenvalue weighted by Crippen LogP contribution is 2.23. The van der Waals surface area contributed by atoms with Crippen LogP contribution in [0.1, 0.15) is 12.5 Å². The van der Waals surface area contributed by atoms with Crippen molar-refractivity contribution in [3.8, 4) is 17.0 Å². The third-order valence-electron chi connectivity index (χ3n) is 3.11. The van der Waals surface area contributed by atoms with Gasteiger partial charge in [-0.05, 0) is 31.2 Å². The number of benzene rings is 1. The van der Waals surface area contributed by atoms with Crippen LogP contribution < -0.4 is 10.3 Å². The molecule has 0 amide bonds. The zero-order valence-electron chi connectivity index (χ0n) is 11.1. The van der Waals surface area contributed by atoms with Crippen molar-refractivity contribution in [2.45, 2.75) is 20.1 Å². The third kappa shape index (κ3) is 2.53. The smallest absolute Gasteiger partial charge is 0.256 e. The van der Waals surface area contributed by atoms with Crippen LogP contribution in [0.3, 0.4) is 0 Å². The van der Waals surface area contributed by atoms with E-state index in [1.165, 1.54) is 0 Å². The Labute approximate surface area is 111 Å². The first-order chi connectivity index (χ1) is 9.21. The van der Waals surface area contributed by atoms with E-state index in [1.807, 2.05) is 37.3 Å². The summed E-state index contributed by atoms with van der Waals surface area (Å²) in [5.74, 6) is 0.749. The number of nitrogens with zero attached hydrogens (tertiary/aromatic N) is 1. The zero-order valence-corrected chi connectivity index (χ0v) is 11.1. The van der Waals surface area contributed by atoms with Crippen molar-refractivity contribution in [1.29, 1.82) is 0 Å². The lowest BCUT2D eigenvalue weighted by Gasteiger charge is -2.13. The van der Waals surface area contributed by atoms with Crippen LogP contribution in [-0.2, 0) is 13.2 Å². The second kappa shape index (κ2) is 5.71. The van der Waals surface area contributed by atoms with Crippen LogP contribution in [0.4, 0.5) is 0 Å². The van der Waals surface area contributed by atoms with Crippen molar-refractivity contribution in [2.75, 3.05) is 7.11 Å². The van der Waals surface area contributed by atoms with E-state index in [1.54, 1.807) is 17.7 Å². The number of rotatable bonds is 4. The molecule has 1 N–H and O–H groups in total. The Morgan fingerprint density at radius 2 is 2.05 bits per heavy atom. The lowest BCUT2D eigenvalue weighted by Crippen LogP contribution is -2.24. The Hall–Kier alpha value is -2.07. The lowest BCUT2D eigenvalue weighted by molar-refractivity contribution is 0.279. The zero-order chi connectivity index (χ0) is 13.8. The Morgan fingerprint density at radius 1 is 1.26 bits per heavy atom. The molecule has 2 aromatic rings. The molecular weight excluding hydrogens is 242 g/mol. The Balaban J connectivity index is 2.61. The van der Waals surface area contributed by atoms with Crippen molar-refractivity contribution in [3.05, 3.63) is 52.3 Å². The van der Waals surface area contributed by atoms with Crippen molar-refractivity contribution in [1.82, 2.24) is 4.57 Å². The molecule has 0 aliphatic carbocycles. The van der Waals surface area contributed by atoms with Crippen LogP contribution in [0.5, 0.6) is 5.75 Å². The molecule has 4 heteroatoms. The van der Waals surface area contributed by atoms with Gasteiger partial charge < -0.3 is 14.4 Å². The van der Waals surface area contributed by atoms with Crippen LogP contribution in [0.2, 0.25) is 0 Å². The van der Waals surface area contributed by atoms with Crippen molar-refractivity contribution in [2.24, 2.45) is 0 Å². The van der Waals surface area contributed by atoms with Gasteiger partial charge in [0.1, 0.15) is 5.75 Å². The molecule has 0 spiro atoms. The topological polar surface area (TPSA) is 51.5 Å². The molecule has 1 heterocycles. The maximum Gasteiger partial charge on any atom is 0.256 e. The van der Waals surface area contributed by atoms with Crippen LogP contribution in [0.15, 0.2) is 41.2 Å². The van der Waals surface area contributed by atoms with E-state index >= 15 is 0 Å². The van der Waals surface area contributed by atoms with Gasteiger partial charge in [-0.15, -0.1) is 0 Å². The molecule has 0 saturated carbocycles. The standard InChI is InChI=1S/C15H17NO3/c1-3-16-14(8-7-12(10-17)15(16)18)11-5-4-6-13(9-11)19-2/h4-9,17H,3,10H2,1-2H3. The van der Waals surface area contributed by atoms with Gasteiger partial charge in [-0.25, -0.2) is 0 Å². The first-order valence-electron chi connectivity index (χ1n) is 6.19. The van der Waals surface area contributed by atoms with Crippen molar-refractivity contribution in [3.63, 3.8) is 0 Å². The summed E-state index contributed by atoms with van der Waals surface area (Å²) in [6, 6.07) is 11.1. The summed E-state index contributed by atoms with van der Waals surface area (Å²) in [4.78, 5) is 12.2. The molecule has 0 aliphatic rings. The predicted molar refractivity (Wildman–Crippen MR) is 74.3 cm³/mol. The average Bonchev–Trinajstić information content (AvgIpc) is 2.47. The second-order valence-electron chi connectivity index (χ2n) is 4.18. The third-order valence-corrected chi connectivity index (χ3v) is 3.11. The Bertz CT molecular complexity index is 632. The molecule has 19 heavy (non-hydrogen) atoms. The monoisotopic (exact) mass is 259 g/mol. The fraction of sp³-hybridized carbons (Fsp3) is 0.267. The molecule has 0 unspecified atom stereocenters. The van der Waals surface area contributed by atoms with E-state index in [-0.39, 0.29) is 12.2 Å². The Morgan fingerprint density at radius 3 is 2.68 bits per heavy atom. The molecular formula is C15H17NO3. The van der Waals surface area contributed by atoms with E-state index in [2.05, 4.69) is 0 Å². The number of aromatic nitrogens is 1. The fourth-order valence-electron chi connectivity index (χ4n) is 2.09. The molecule has 0 radical (unpaired) electrons. The molecule has 100 valence electrons. The molecule has 0 aliphatic heterocycles. The van der Waals surface area contributed by atoms with Gasteiger partial charge in [-0.3, -0.25) is 4.79 Å². The van der Waals surface area contributed by atoms with Crippen LogP contribution in [0.25, 0.3) is 11.3 Å². The average molecular weight is 259 g/mol. The minimum atomic E-state index is -0.239. The molecule has 1 aromatic heterocycles. The number of aliphatic hydroxyl groups excluding tert-OH is 1. The largest absolute Gasteiger partial charge is 0.497 e. The number of aliphatic hydroxyl groups is 1. The predicted octanol–water partition coefficient (Wildman–Crippen LogP) is 2.04. The molecule has 0 atom stereocenters. The molecule has 0 bridgehead atoms. The highest BCUT2D eigenvalue weighted by molar-refractivity contribution is 5.62. The molecule has 4 nitrogen and oxygen atoms in total.